The van der Waals surface area contributed by atoms with Gasteiger partial charge in [0.15, 0.2) is 0 Å². The Labute approximate surface area is 74.8 Å². The fourth-order valence-corrected chi connectivity index (χ4v) is 1.68. The smallest absolute Gasteiger partial charge is 0.0468 e. The van der Waals surface area contributed by atoms with Crippen LogP contribution in [-0.2, 0) is 0 Å². The Hall–Kier alpha value is -0.120. The molecule has 2 atom stereocenters. The van der Waals surface area contributed by atoms with Crippen molar-refractivity contribution in [2.24, 2.45) is 5.92 Å². The van der Waals surface area contributed by atoms with Gasteiger partial charge in [0.25, 0.3) is 0 Å². The maximum Gasteiger partial charge on any atom is 0.0468 e. The zero-order valence-corrected chi connectivity index (χ0v) is 8.08. The number of piperazine rings is 1. The number of aliphatic hydroxyl groups excluding tert-OH is 1. The Morgan fingerprint density at radius 2 is 2.42 bits per heavy atom. The average molecular weight is 172 g/mol. The molecule has 0 aliphatic carbocycles. The van der Waals surface area contributed by atoms with Crippen LogP contribution < -0.4 is 5.32 Å². The van der Waals surface area contributed by atoms with Gasteiger partial charge in [0, 0.05) is 38.8 Å². The van der Waals surface area contributed by atoms with Gasteiger partial charge in [-0.1, -0.05) is 6.92 Å². The molecule has 0 amide bonds. The summed E-state index contributed by atoms with van der Waals surface area (Å²) >= 11 is 0. The molecule has 1 unspecified atom stereocenters. The highest BCUT2D eigenvalue weighted by Gasteiger charge is 2.16. The second kappa shape index (κ2) is 4.80. The first kappa shape index (κ1) is 9.96. The van der Waals surface area contributed by atoms with Gasteiger partial charge in [-0.2, -0.15) is 0 Å². The maximum absolute atomic E-state index is 8.89. The molecule has 1 aliphatic rings. The van der Waals surface area contributed by atoms with Crippen molar-refractivity contribution < 1.29 is 5.11 Å². The van der Waals surface area contributed by atoms with Crippen LogP contribution in [0.4, 0.5) is 0 Å². The maximum atomic E-state index is 8.89. The molecule has 1 rings (SSSR count). The molecule has 12 heavy (non-hydrogen) atoms. The number of hydrogen-bond donors (Lipinski definition) is 2. The lowest BCUT2D eigenvalue weighted by Gasteiger charge is -2.33. The Morgan fingerprint density at radius 3 is 3.00 bits per heavy atom. The minimum atomic E-state index is 0.304. The molecule has 1 fully saturated rings. The molecule has 0 aromatic heterocycles. The topological polar surface area (TPSA) is 35.5 Å². The third-order valence-electron chi connectivity index (χ3n) is 2.33. The van der Waals surface area contributed by atoms with E-state index in [1.54, 1.807) is 0 Å². The van der Waals surface area contributed by atoms with E-state index >= 15 is 0 Å². The number of nitrogens with zero attached hydrogens (tertiary/aromatic N) is 1. The third-order valence-corrected chi connectivity index (χ3v) is 2.33. The minimum absolute atomic E-state index is 0.304. The number of hydrogen-bond acceptors (Lipinski definition) is 3. The van der Waals surface area contributed by atoms with Crippen LogP contribution in [0, 0.1) is 5.92 Å². The summed E-state index contributed by atoms with van der Waals surface area (Å²) in [6.45, 7) is 8.95. The first-order valence-electron chi connectivity index (χ1n) is 4.79. The molecule has 0 radical (unpaired) electrons. The minimum Gasteiger partial charge on any atom is -0.396 e. The van der Waals surface area contributed by atoms with Crippen molar-refractivity contribution in [3.05, 3.63) is 0 Å². The lowest BCUT2D eigenvalue weighted by Crippen LogP contribution is -2.50. The van der Waals surface area contributed by atoms with E-state index in [-0.39, 0.29) is 0 Å². The van der Waals surface area contributed by atoms with Crippen molar-refractivity contribution in [3.8, 4) is 0 Å². The molecule has 0 aromatic rings. The van der Waals surface area contributed by atoms with Gasteiger partial charge in [0.05, 0.1) is 0 Å². The second-order valence-electron chi connectivity index (χ2n) is 3.90. The Bertz CT molecular complexity index is 130. The van der Waals surface area contributed by atoms with E-state index in [0.29, 0.717) is 18.6 Å². The van der Waals surface area contributed by atoms with Crippen LogP contribution in [0.2, 0.25) is 0 Å². The Kier molecular flexibility index (Phi) is 3.98. The highest BCUT2D eigenvalue weighted by atomic mass is 16.3. The molecule has 1 heterocycles. The van der Waals surface area contributed by atoms with Gasteiger partial charge in [0.2, 0.25) is 0 Å². The molecule has 3 heteroatoms. The van der Waals surface area contributed by atoms with Crippen LogP contribution in [0.5, 0.6) is 0 Å². The summed E-state index contributed by atoms with van der Waals surface area (Å²) in [5.74, 6) is 0.412. The first-order valence-corrected chi connectivity index (χ1v) is 4.79. The highest BCUT2D eigenvalue weighted by Crippen LogP contribution is 2.03. The van der Waals surface area contributed by atoms with Crippen LogP contribution in [0.3, 0.4) is 0 Å². The van der Waals surface area contributed by atoms with Crippen molar-refractivity contribution in [1.29, 1.82) is 0 Å². The molecular weight excluding hydrogens is 152 g/mol. The van der Waals surface area contributed by atoms with E-state index in [1.165, 1.54) is 0 Å². The molecule has 0 bridgehead atoms. The largest absolute Gasteiger partial charge is 0.396 e. The van der Waals surface area contributed by atoms with Gasteiger partial charge in [-0.15, -0.1) is 0 Å². The monoisotopic (exact) mass is 172 g/mol. The van der Waals surface area contributed by atoms with Crippen LogP contribution >= 0.6 is 0 Å². The van der Waals surface area contributed by atoms with E-state index in [1.807, 2.05) is 0 Å². The summed E-state index contributed by atoms with van der Waals surface area (Å²) in [6, 6.07) is 0.602. The van der Waals surface area contributed by atoms with Gasteiger partial charge in [-0.3, -0.25) is 0 Å². The van der Waals surface area contributed by atoms with Crippen molar-refractivity contribution in [2.75, 3.05) is 32.8 Å². The molecule has 0 saturated carbocycles. The first-order chi connectivity index (χ1) is 5.72. The molecule has 1 saturated heterocycles. The average Bonchev–Trinajstić information content (AvgIpc) is 2.04. The highest BCUT2D eigenvalue weighted by molar-refractivity contribution is 4.75. The van der Waals surface area contributed by atoms with Crippen molar-refractivity contribution in [2.45, 2.75) is 19.9 Å². The summed E-state index contributed by atoms with van der Waals surface area (Å²) in [6.07, 6.45) is 0. The summed E-state index contributed by atoms with van der Waals surface area (Å²) in [4.78, 5) is 2.42. The normalized spacial score (nSPS) is 28.8. The van der Waals surface area contributed by atoms with Crippen LogP contribution in [0.25, 0.3) is 0 Å². The zero-order chi connectivity index (χ0) is 8.97. The fraction of sp³-hybridized carbons (Fsp3) is 1.00. The van der Waals surface area contributed by atoms with E-state index < -0.39 is 0 Å². The molecular formula is C9H20N2O. The number of nitrogens with one attached hydrogen (secondary N) is 1. The van der Waals surface area contributed by atoms with Gasteiger partial charge in [0.1, 0.15) is 0 Å². The van der Waals surface area contributed by atoms with E-state index in [4.69, 9.17) is 5.11 Å². The zero-order valence-electron chi connectivity index (χ0n) is 8.08. The van der Waals surface area contributed by atoms with Crippen molar-refractivity contribution in [3.63, 3.8) is 0 Å². The predicted octanol–water partition coefficient (Wildman–Crippen LogP) is -0.0915. The molecule has 72 valence electrons. The molecule has 0 spiro atoms. The van der Waals surface area contributed by atoms with Crippen LogP contribution in [0.1, 0.15) is 13.8 Å². The molecule has 0 aromatic carbocycles. The lowest BCUT2D eigenvalue weighted by molar-refractivity contribution is 0.146. The summed E-state index contributed by atoms with van der Waals surface area (Å²) in [5, 5.41) is 12.3. The molecule has 2 N–H and O–H groups in total. The van der Waals surface area contributed by atoms with Crippen molar-refractivity contribution in [1.82, 2.24) is 10.2 Å². The second-order valence-corrected chi connectivity index (χ2v) is 3.90. The van der Waals surface area contributed by atoms with Gasteiger partial charge in [-0.25, -0.2) is 0 Å². The Morgan fingerprint density at radius 1 is 1.67 bits per heavy atom. The van der Waals surface area contributed by atoms with Crippen molar-refractivity contribution >= 4 is 0 Å². The van der Waals surface area contributed by atoms with Gasteiger partial charge >= 0.3 is 0 Å². The van der Waals surface area contributed by atoms with E-state index in [2.05, 4.69) is 24.1 Å². The van der Waals surface area contributed by atoms with Gasteiger partial charge < -0.3 is 15.3 Å². The summed E-state index contributed by atoms with van der Waals surface area (Å²) in [5.41, 5.74) is 0. The standard InChI is InChI=1S/C9H20N2O/c1-8(7-12)5-11-4-3-10-9(2)6-11/h8-10,12H,3-7H2,1-2H3/t8?,9-/m1/s1. The third kappa shape index (κ3) is 3.09. The van der Waals surface area contributed by atoms with Crippen LogP contribution in [0.15, 0.2) is 0 Å². The lowest BCUT2D eigenvalue weighted by atomic mass is 10.1. The summed E-state index contributed by atoms with van der Waals surface area (Å²) < 4.78 is 0. The van der Waals surface area contributed by atoms with E-state index in [9.17, 15) is 0 Å². The quantitative estimate of drug-likeness (QED) is 0.624. The number of rotatable bonds is 3. The Balaban J connectivity index is 2.22. The SMILES string of the molecule is CC(CO)CN1CCN[C@H](C)C1. The van der Waals surface area contributed by atoms with Crippen LogP contribution in [-0.4, -0.2) is 48.8 Å². The number of aliphatic hydroxyl groups is 1. The fourth-order valence-electron chi connectivity index (χ4n) is 1.68. The molecule has 3 nitrogen and oxygen atoms in total. The molecule has 1 aliphatic heterocycles. The summed E-state index contributed by atoms with van der Waals surface area (Å²) in [7, 11) is 0. The van der Waals surface area contributed by atoms with Gasteiger partial charge in [-0.05, 0) is 12.8 Å². The predicted molar refractivity (Wildman–Crippen MR) is 50.2 cm³/mol. The van der Waals surface area contributed by atoms with E-state index in [0.717, 1.165) is 26.2 Å².